The van der Waals surface area contributed by atoms with Gasteiger partial charge in [0.15, 0.2) is 16.7 Å². The van der Waals surface area contributed by atoms with Crippen molar-refractivity contribution in [3.63, 3.8) is 0 Å². The molecule has 0 aliphatic heterocycles. The van der Waals surface area contributed by atoms with Crippen LogP contribution in [0.1, 0.15) is 15.9 Å². The number of hydrogen-bond acceptors (Lipinski definition) is 9. The van der Waals surface area contributed by atoms with E-state index in [0.717, 1.165) is 11.8 Å². The maximum atomic E-state index is 12.7. The lowest BCUT2D eigenvalue weighted by molar-refractivity contribution is -0.387. The monoisotopic (exact) mass is 459 g/mol. The molecule has 3 rings (SSSR count). The van der Waals surface area contributed by atoms with Crippen molar-refractivity contribution in [1.29, 1.82) is 0 Å². The van der Waals surface area contributed by atoms with Crippen LogP contribution < -0.4 is 19.5 Å². The van der Waals surface area contributed by atoms with Crippen LogP contribution in [0, 0.1) is 10.1 Å². The molecule has 0 saturated carbocycles. The van der Waals surface area contributed by atoms with Crippen molar-refractivity contribution < 1.29 is 23.9 Å². The number of methoxy groups -OCH3 is 3. The number of hydrogen-bond donors (Lipinski definition) is 1. The van der Waals surface area contributed by atoms with Gasteiger partial charge < -0.3 is 24.1 Å². The molecule has 0 radical (unpaired) electrons. The minimum Gasteiger partial charge on any atom is -0.496 e. The summed E-state index contributed by atoms with van der Waals surface area (Å²) in [6.07, 6.45) is 1.50. The van der Waals surface area contributed by atoms with Crippen molar-refractivity contribution in [3.05, 3.63) is 57.9 Å². The van der Waals surface area contributed by atoms with Gasteiger partial charge in [-0.1, -0.05) is 0 Å². The van der Waals surface area contributed by atoms with Gasteiger partial charge in [0, 0.05) is 36.9 Å². The third-order valence-corrected chi connectivity index (χ3v) is 5.63. The van der Waals surface area contributed by atoms with E-state index in [1.807, 2.05) is 0 Å². The average molecular weight is 459 g/mol. The molecule has 32 heavy (non-hydrogen) atoms. The van der Waals surface area contributed by atoms with Gasteiger partial charge in [0.2, 0.25) is 0 Å². The Morgan fingerprint density at radius 2 is 1.81 bits per heavy atom. The molecule has 12 heteroatoms. The van der Waals surface area contributed by atoms with Crippen LogP contribution in [0.25, 0.3) is 0 Å². The molecule has 0 fully saturated rings. The number of nitrogens with one attached hydrogen (secondary N) is 1. The quantitative estimate of drug-likeness (QED) is 0.379. The van der Waals surface area contributed by atoms with E-state index in [1.54, 1.807) is 23.7 Å². The number of carbonyl (C=O) groups is 1. The fraction of sp³-hybridized carbons (Fsp3) is 0.250. The van der Waals surface area contributed by atoms with Crippen LogP contribution in [0.3, 0.4) is 0 Å². The summed E-state index contributed by atoms with van der Waals surface area (Å²) in [5, 5.41) is 22.5. The number of aromatic nitrogens is 3. The van der Waals surface area contributed by atoms with Gasteiger partial charge in [0.25, 0.3) is 11.6 Å². The second-order valence-corrected chi connectivity index (χ2v) is 7.48. The highest BCUT2D eigenvalue weighted by atomic mass is 32.2. The van der Waals surface area contributed by atoms with E-state index in [0.29, 0.717) is 32.9 Å². The highest BCUT2D eigenvalue weighted by molar-refractivity contribution is 7.99. The lowest BCUT2D eigenvalue weighted by Crippen LogP contribution is -2.23. The number of rotatable bonds is 9. The fourth-order valence-electron chi connectivity index (χ4n) is 2.86. The number of nitrogens with zero attached hydrogens (tertiary/aromatic N) is 4. The fourth-order valence-corrected chi connectivity index (χ4v) is 3.71. The van der Waals surface area contributed by atoms with Gasteiger partial charge in [-0.05, 0) is 30.0 Å². The van der Waals surface area contributed by atoms with Crippen LogP contribution in [-0.4, -0.2) is 46.9 Å². The van der Waals surface area contributed by atoms with Crippen LogP contribution in [-0.2, 0) is 13.6 Å². The first kappa shape index (κ1) is 22.9. The summed E-state index contributed by atoms with van der Waals surface area (Å²) in [7, 11) is 6.26. The SMILES string of the molecule is COc1cc(OC)c(OC)cc1CNC(=O)c1ccc(Sc2nncn2C)c([N+](=O)[O-])c1. The molecule has 1 aromatic heterocycles. The smallest absolute Gasteiger partial charge is 0.284 e. The molecule has 168 valence electrons. The number of nitro groups is 1. The lowest BCUT2D eigenvalue weighted by atomic mass is 10.1. The molecule has 1 N–H and O–H groups in total. The molecule has 0 bridgehead atoms. The second kappa shape index (κ2) is 10.0. The Morgan fingerprint density at radius 3 is 2.41 bits per heavy atom. The largest absolute Gasteiger partial charge is 0.496 e. The van der Waals surface area contributed by atoms with Crippen molar-refractivity contribution in [1.82, 2.24) is 20.1 Å². The second-order valence-electron chi connectivity index (χ2n) is 6.47. The highest BCUT2D eigenvalue weighted by Crippen LogP contribution is 2.35. The summed E-state index contributed by atoms with van der Waals surface area (Å²) >= 11 is 1.09. The predicted octanol–water partition coefficient (Wildman–Crippen LogP) is 2.83. The first-order chi connectivity index (χ1) is 15.4. The summed E-state index contributed by atoms with van der Waals surface area (Å²) in [5.41, 5.74) is 0.607. The van der Waals surface area contributed by atoms with Gasteiger partial charge in [0.05, 0.1) is 31.1 Å². The average Bonchev–Trinajstić information content (AvgIpc) is 3.20. The van der Waals surface area contributed by atoms with Gasteiger partial charge in [-0.15, -0.1) is 10.2 Å². The number of amides is 1. The zero-order valence-corrected chi connectivity index (χ0v) is 18.6. The van der Waals surface area contributed by atoms with Gasteiger partial charge in [0.1, 0.15) is 12.1 Å². The van der Waals surface area contributed by atoms with Crippen LogP contribution >= 0.6 is 11.8 Å². The van der Waals surface area contributed by atoms with Crippen molar-refractivity contribution in [3.8, 4) is 17.2 Å². The van der Waals surface area contributed by atoms with E-state index >= 15 is 0 Å². The molecule has 11 nitrogen and oxygen atoms in total. The number of nitro benzene ring substituents is 1. The summed E-state index contributed by atoms with van der Waals surface area (Å²) in [4.78, 5) is 24.1. The minimum absolute atomic E-state index is 0.117. The van der Waals surface area contributed by atoms with E-state index in [4.69, 9.17) is 14.2 Å². The topological polar surface area (TPSA) is 131 Å². The van der Waals surface area contributed by atoms with Gasteiger partial charge >= 0.3 is 0 Å². The molecule has 0 unspecified atom stereocenters. The number of ether oxygens (including phenoxy) is 3. The molecular weight excluding hydrogens is 438 g/mol. The van der Waals surface area contributed by atoms with Crippen molar-refractivity contribution in [2.75, 3.05) is 21.3 Å². The van der Waals surface area contributed by atoms with E-state index < -0.39 is 10.8 Å². The van der Waals surface area contributed by atoms with E-state index in [2.05, 4.69) is 15.5 Å². The Bertz CT molecular complexity index is 1150. The molecular formula is C20H21N5O6S. The highest BCUT2D eigenvalue weighted by Gasteiger charge is 2.20. The molecule has 1 heterocycles. The number of aryl methyl sites for hydroxylation is 1. The Labute approximate surface area is 187 Å². The van der Waals surface area contributed by atoms with Crippen molar-refractivity contribution in [2.45, 2.75) is 16.6 Å². The van der Waals surface area contributed by atoms with Crippen LogP contribution in [0.15, 0.2) is 46.7 Å². The van der Waals surface area contributed by atoms with Crippen LogP contribution in [0.4, 0.5) is 5.69 Å². The lowest BCUT2D eigenvalue weighted by Gasteiger charge is -2.14. The van der Waals surface area contributed by atoms with Gasteiger partial charge in [-0.3, -0.25) is 14.9 Å². The summed E-state index contributed by atoms with van der Waals surface area (Å²) in [6.45, 7) is 0.117. The van der Waals surface area contributed by atoms with Crippen molar-refractivity contribution in [2.24, 2.45) is 7.05 Å². The van der Waals surface area contributed by atoms with E-state index in [-0.39, 0.29) is 17.8 Å². The predicted molar refractivity (Wildman–Crippen MR) is 115 cm³/mol. The Kier molecular flexibility index (Phi) is 7.15. The zero-order valence-electron chi connectivity index (χ0n) is 17.8. The molecule has 0 saturated heterocycles. The number of benzene rings is 2. The van der Waals surface area contributed by atoms with E-state index in [9.17, 15) is 14.9 Å². The normalized spacial score (nSPS) is 10.5. The molecule has 0 aliphatic carbocycles. The third kappa shape index (κ3) is 4.91. The molecule has 0 atom stereocenters. The molecule has 0 spiro atoms. The standard InChI is InChI=1S/C20H21N5O6S/c1-24-11-22-23-20(24)32-18-6-5-12(7-14(18)25(27)28)19(26)21-10-13-8-16(30-3)17(31-4)9-15(13)29-2/h5-9,11H,10H2,1-4H3,(H,21,26). The molecule has 1 amide bonds. The van der Waals surface area contributed by atoms with Crippen LogP contribution in [0.5, 0.6) is 17.2 Å². The molecule has 2 aromatic carbocycles. The maximum Gasteiger partial charge on any atom is 0.284 e. The maximum absolute atomic E-state index is 12.7. The van der Waals surface area contributed by atoms with Gasteiger partial charge in [-0.25, -0.2) is 0 Å². The van der Waals surface area contributed by atoms with Crippen LogP contribution in [0.2, 0.25) is 0 Å². The Morgan fingerprint density at radius 1 is 1.12 bits per heavy atom. The zero-order chi connectivity index (χ0) is 23.3. The first-order valence-corrected chi connectivity index (χ1v) is 10.1. The number of carbonyl (C=O) groups excluding carboxylic acids is 1. The third-order valence-electron chi connectivity index (χ3n) is 4.51. The molecule has 3 aromatic rings. The summed E-state index contributed by atoms with van der Waals surface area (Å²) < 4.78 is 17.5. The summed E-state index contributed by atoms with van der Waals surface area (Å²) in [5.74, 6) is 1.01. The van der Waals surface area contributed by atoms with E-state index in [1.165, 1.54) is 45.9 Å². The molecule has 0 aliphatic rings. The van der Waals surface area contributed by atoms with Gasteiger partial charge in [-0.2, -0.15) is 0 Å². The Hall–Kier alpha value is -3.80. The summed E-state index contributed by atoms with van der Waals surface area (Å²) in [6, 6.07) is 7.63. The van der Waals surface area contributed by atoms with Crippen molar-refractivity contribution >= 4 is 23.4 Å². The Balaban J connectivity index is 1.80. The first-order valence-electron chi connectivity index (χ1n) is 9.25. The minimum atomic E-state index is -0.535.